The predicted molar refractivity (Wildman–Crippen MR) is 47.5 cm³/mol. The van der Waals surface area contributed by atoms with Crippen LogP contribution in [0.5, 0.6) is 0 Å². The predicted octanol–water partition coefficient (Wildman–Crippen LogP) is 0.551. The van der Waals surface area contributed by atoms with Gasteiger partial charge in [0, 0.05) is 13.0 Å². The van der Waals surface area contributed by atoms with E-state index >= 15 is 0 Å². The molecule has 0 atom stereocenters. The quantitative estimate of drug-likeness (QED) is 0.371. The van der Waals surface area contributed by atoms with Crippen molar-refractivity contribution in [3.63, 3.8) is 0 Å². The van der Waals surface area contributed by atoms with Crippen molar-refractivity contribution in [3.8, 4) is 12.3 Å². The minimum atomic E-state index is -0.234. The molecule has 3 nitrogen and oxygen atoms in total. The molecule has 0 aromatic heterocycles. The van der Waals surface area contributed by atoms with Crippen molar-refractivity contribution in [1.82, 2.24) is 5.32 Å². The zero-order chi connectivity index (χ0) is 9.40. The second kappa shape index (κ2) is 6.68. The first kappa shape index (κ1) is 11.0. The van der Waals surface area contributed by atoms with Crippen LogP contribution in [0.2, 0.25) is 0 Å². The Hall–Kier alpha value is -1.01. The summed E-state index contributed by atoms with van der Waals surface area (Å²) in [5.74, 6) is 2.23. The first-order valence-corrected chi connectivity index (χ1v) is 4.00. The lowest BCUT2D eigenvalue weighted by Gasteiger charge is -2.07. The van der Waals surface area contributed by atoms with Crippen LogP contribution in [-0.2, 0) is 9.53 Å². The van der Waals surface area contributed by atoms with Gasteiger partial charge in [-0.05, 0) is 13.8 Å². The average Bonchev–Trinajstić information content (AvgIpc) is 1.97. The number of carbonyl (C=O) groups is 1. The van der Waals surface area contributed by atoms with Crippen LogP contribution in [0.1, 0.15) is 20.3 Å². The van der Waals surface area contributed by atoms with Gasteiger partial charge in [-0.3, -0.25) is 4.79 Å². The van der Waals surface area contributed by atoms with E-state index in [2.05, 4.69) is 11.2 Å². The minimum Gasteiger partial charge on any atom is -0.462 e. The smallest absolute Gasteiger partial charge is 0.320 e. The molecular formula is C9H15NO2. The topological polar surface area (TPSA) is 38.3 Å². The van der Waals surface area contributed by atoms with Crippen molar-refractivity contribution < 1.29 is 9.53 Å². The van der Waals surface area contributed by atoms with E-state index in [1.807, 2.05) is 13.8 Å². The first-order chi connectivity index (χ1) is 5.66. The van der Waals surface area contributed by atoms with E-state index in [0.717, 1.165) is 0 Å². The van der Waals surface area contributed by atoms with E-state index in [9.17, 15) is 4.79 Å². The maximum Gasteiger partial charge on any atom is 0.320 e. The molecule has 68 valence electrons. The molecule has 0 spiro atoms. The van der Waals surface area contributed by atoms with Crippen molar-refractivity contribution >= 4 is 5.97 Å². The largest absolute Gasteiger partial charge is 0.462 e. The number of esters is 1. The molecule has 0 amide bonds. The summed E-state index contributed by atoms with van der Waals surface area (Å²) in [5.41, 5.74) is 0. The Labute approximate surface area is 73.5 Å². The molecule has 0 aliphatic carbocycles. The fourth-order valence-electron chi connectivity index (χ4n) is 0.656. The molecule has 0 aliphatic heterocycles. The lowest BCUT2D eigenvalue weighted by Crippen LogP contribution is -2.27. The average molecular weight is 169 g/mol. The third kappa shape index (κ3) is 7.10. The normalized spacial score (nSPS) is 9.50. The Kier molecular flexibility index (Phi) is 6.12. The van der Waals surface area contributed by atoms with Gasteiger partial charge in [0.1, 0.15) is 0 Å². The second-order valence-electron chi connectivity index (χ2n) is 2.67. The van der Waals surface area contributed by atoms with Gasteiger partial charge in [0.25, 0.3) is 0 Å². The summed E-state index contributed by atoms with van der Waals surface area (Å²) >= 11 is 0. The number of hydrogen-bond donors (Lipinski definition) is 1. The monoisotopic (exact) mass is 169 g/mol. The van der Waals surface area contributed by atoms with E-state index in [-0.39, 0.29) is 18.6 Å². The molecule has 0 aromatic rings. The molecular weight excluding hydrogens is 154 g/mol. The molecule has 3 heteroatoms. The van der Waals surface area contributed by atoms with Crippen LogP contribution < -0.4 is 5.32 Å². The van der Waals surface area contributed by atoms with Crippen molar-refractivity contribution in [2.75, 3.05) is 13.1 Å². The van der Waals surface area contributed by atoms with Gasteiger partial charge in [-0.25, -0.2) is 0 Å². The minimum absolute atomic E-state index is 0.0491. The van der Waals surface area contributed by atoms with E-state index in [1.165, 1.54) is 0 Å². The van der Waals surface area contributed by atoms with E-state index in [0.29, 0.717) is 13.0 Å². The molecule has 0 radical (unpaired) electrons. The molecule has 1 N–H and O–H groups in total. The van der Waals surface area contributed by atoms with Crippen LogP contribution in [0.15, 0.2) is 0 Å². The zero-order valence-electron chi connectivity index (χ0n) is 7.59. The van der Waals surface area contributed by atoms with Gasteiger partial charge in [-0.1, -0.05) is 0 Å². The lowest BCUT2D eigenvalue weighted by atomic mass is 10.4. The van der Waals surface area contributed by atoms with Crippen molar-refractivity contribution in [2.24, 2.45) is 0 Å². The van der Waals surface area contributed by atoms with Crippen molar-refractivity contribution in [3.05, 3.63) is 0 Å². The molecule has 0 rings (SSSR count). The van der Waals surface area contributed by atoms with Crippen LogP contribution >= 0.6 is 0 Å². The Morgan fingerprint density at radius 1 is 1.67 bits per heavy atom. The Morgan fingerprint density at radius 2 is 2.33 bits per heavy atom. The van der Waals surface area contributed by atoms with Gasteiger partial charge in [-0.2, -0.15) is 0 Å². The molecule has 0 saturated heterocycles. The third-order valence-electron chi connectivity index (χ3n) is 1.08. The number of hydrogen-bond acceptors (Lipinski definition) is 3. The number of ether oxygens (including phenoxy) is 1. The van der Waals surface area contributed by atoms with Gasteiger partial charge < -0.3 is 10.1 Å². The highest BCUT2D eigenvalue weighted by Gasteiger charge is 2.02. The molecule has 0 fully saturated rings. The third-order valence-corrected chi connectivity index (χ3v) is 1.08. The summed E-state index contributed by atoms with van der Waals surface area (Å²) in [4.78, 5) is 10.9. The highest BCUT2D eigenvalue weighted by atomic mass is 16.5. The number of nitrogens with one attached hydrogen (secondary N) is 1. The molecule has 0 saturated carbocycles. The van der Waals surface area contributed by atoms with Gasteiger partial charge >= 0.3 is 5.97 Å². The molecule has 0 aromatic carbocycles. The lowest BCUT2D eigenvalue weighted by molar-refractivity contribution is -0.146. The van der Waals surface area contributed by atoms with E-state index < -0.39 is 0 Å². The number of carbonyl (C=O) groups excluding carboxylic acids is 1. The van der Waals surface area contributed by atoms with Crippen LogP contribution in [-0.4, -0.2) is 25.2 Å². The fourth-order valence-corrected chi connectivity index (χ4v) is 0.656. The van der Waals surface area contributed by atoms with E-state index in [4.69, 9.17) is 11.2 Å². The standard InChI is InChI=1S/C9H15NO2/c1-4-5-6-10-7-9(11)12-8(2)3/h1,8,10H,5-7H2,2-3H3. The van der Waals surface area contributed by atoms with Crippen molar-refractivity contribution in [1.29, 1.82) is 0 Å². The summed E-state index contributed by atoms with van der Waals surface area (Å²) in [6.45, 7) is 4.53. The first-order valence-electron chi connectivity index (χ1n) is 4.00. The van der Waals surface area contributed by atoms with Crippen LogP contribution in [0.4, 0.5) is 0 Å². The highest BCUT2D eigenvalue weighted by molar-refractivity contribution is 5.71. The Morgan fingerprint density at radius 3 is 2.83 bits per heavy atom. The van der Waals surface area contributed by atoms with Crippen LogP contribution in [0.3, 0.4) is 0 Å². The van der Waals surface area contributed by atoms with Gasteiger partial charge in [0.2, 0.25) is 0 Å². The molecule has 12 heavy (non-hydrogen) atoms. The SMILES string of the molecule is C#CCCNCC(=O)OC(C)C. The summed E-state index contributed by atoms with van der Waals surface area (Å²) in [5, 5.41) is 2.87. The Balaban J connectivity index is 3.27. The summed E-state index contributed by atoms with van der Waals surface area (Å²) in [6, 6.07) is 0. The maximum absolute atomic E-state index is 10.9. The van der Waals surface area contributed by atoms with Crippen LogP contribution in [0.25, 0.3) is 0 Å². The fraction of sp³-hybridized carbons (Fsp3) is 0.667. The van der Waals surface area contributed by atoms with Gasteiger partial charge in [-0.15, -0.1) is 12.3 Å². The molecule has 0 unspecified atom stereocenters. The molecule has 0 heterocycles. The number of terminal acetylenes is 1. The molecule has 0 bridgehead atoms. The maximum atomic E-state index is 10.9. The second-order valence-corrected chi connectivity index (χ2v) is 2.67. The van der Waals surface area contributed by atoms with Gasteiger partial charge in [0.15, 0.2) is 0 Å². The summed E-state index contributed by atoms with van der Waals surface area (Å²) in [6.07, 6.45) is 5.60. The molecule has 0 aliphatic rings. The highest BCUT2D eigenvalue weighted by Crippen LogP contribution is 1.87. The Bertz CT molecular complexity index is 170. The van der Waals surface area contributed by atoms with Crippen molar-refractivity contribution in [2.45, 2.75) is 26.4 Å². The number of rotatable bonds is 5. The summed E-state index contributed by atoms with van der Waals surface area (Å²) in [7, 11) is 0. The zero-order valence-corrected chi connectivity index (χ0v) is 7.59. The summed E-state index contributed by atoms with van der Waals surface area (Å²) < 4.78 is 4.88. The van der Waals surface area contributed by atoms with E-state index in [1.54, 1.807) is 0 Å². The van der Waals surface area contributed by atoms with Crippen LogP contribution in [0, 0.1) is 12.3 Å². The van der Waals surface area contributed by atoms with Gasteiger partial charge in [0.05, 0.1) is 12.6 Å².